The summed E-state index contributed by atoms with van der Waals surface area (Å²) in [5.41, 5.74) is 5.76. The maximum atomic E-state index is 12.6. The van der Waals surface area contributed by atoms with E-state index in [1.54, 1.807) is 0 Å². The molecular formula is C15H27N3OS. The van der Waals surface area contributed by atoms with E-state index < -0.39 is 0 Å². The van der Waals surface area contributed by atoms with Gasteiger partial charge in [0.1, 0.15) is 0 Å². The SMILES string of the molecule is CCCC(C(=O)N1CCC2C(CCCN2C)C1)C(N)=S. The Hall–Kier alpha value is -0.680. The number of piperidine rings is 2. The van der Waals surface area contributed by atoms with E-state index in [1.165, 1.54) is 19.4 Å². The molecule has 2 aliphatic heterocycles. The smallest absolute Gasteiger partial charge is 0.232 e. The first-order chi connectivity index (χ1) is 9.54. The molecule has 2 heterocycles. The molecule has 0 aromatic rings. The average Bonchev–Trinajstić information content (AvgIpc) is 2.43. The number of fused-ring (bicyclic) bond motifs is 1. The molecule has 4 nitrogen and oxygen atoms in total. The van der Waals surface area contributed by atoms with E-state index in [2.05, 4.69) is 18.9 Å². The van der Waals surface area contributed by atoms with Gasteiger partial charge in [-0.2, -0.15) is 0 Å². The summed E-state index contributed by atoms with van der Waals surface area (Å²) >= 11 is 5.08. The second-order valence-corrected chi connectivity index (χ2v) is 6.74. The van der Waals surface area contributed by atoms with E-state index in [4.69, 9.17) is 18.0 Å². The fourth-order valence-electron chi connectivity index (χ4n) is 3.75. The predicted octanol–water partition coefficient (Wildman–Crippen LogP) is 1.63. The summed E-state index contributed by atoms with van der Waals surface area (Å²) in [5.74, 6) is 0.527. The maximum absolute atomic E-state index is 12.6. The summed E-state index contributed by atoms with van der Waals surface area (Å²) in [5, 5.41) is 0. The van der Waals surface area contributed by atoms with Gasteiger partial charge in [-0.3, -0.25) is 4.79 Å². The highest BCUT2D eigenvalue weighted by Crippen LogP contribution is 2.30. The lowest BCUT2D eigenvalue weighted by Crippen LogP contribution is -2.55. The molecule has 0 saturated carbocycles. The fraction of sp³-hybridized carbons (Fsp3) is 0.867. The van der Waals surface area contributed by atoms with Crippen molar-refractivity contribution in [1.29, 1.82) is 0 Å². The molecule has 5 heteroatoms. The van der Waals surface area contributed by atoms with Crippen LogP contribution in [0, 0.1) is 11.8 Å². The van der Waals surface area contributed by atoms with Gasteiger partial charge < -0.3 is 15.5 Å². The molecule has 2 aliphatic rings. The molecule has 2 fully saturated rings. The second kappa shape index (κ2) is 6.85. The highest BCUT2D eigenvalue weighted by molar-refractivity contribution is 7.80. The Morgan fingerprint density at radius 2 is 2.15 bits per heavy atom. The monoisotopic (exact) mass is 297 g/mol. The molecule has 0 aliphatic carbocycles. The zero-order valence-corrected chi connectivity index (χ0v) is 13.5. The summed E-state index contributed by atoms with van der Waals surface area (Å²) in [4.78, 5) is 17.5. The van der Waals surface area contributed by atoms with Crippen LogP contribution in [-0.4, -0.2) is 53.4 Å². The number of thiocarbonyl (C=S) groups is 1. The topological polar surface area (TPSA) is 49.6 Å². The second-order valence-electron chi connectivity index (χ2n) is 6.27. The summed E-state index contributed by atoms with van der Waals surface area (Å²) < 4.78 is 0. The largest absolute Gasteiger partial charge is 0.393 e. The average molecular weight is 297 g/mol. The minimum atomic E-state index is -0.257. The summed E-state index contributed by atoms with van der Waals surface area (Å²) in [6.07, 6.45) is 5.29. The Morgan fingerprint density at radius 1 is 1.40 bits per heavy atom. The van der Waals surface area contributed by atoms with Gasteiger partial charge in [0.05, 0.1) is 10.9 Å². The molecule has 3 atom stereocenters. The Balaban J connectivity index is 2.00. The van der Waals surface area contributed by atoms with Gasteiger partial charge in [-0.25, -0.2) is 0 Å². The lowest BCUT2D eigenvalue weighted by atomic mass is 9.83. The van der Waals surface area contributed by atoms with Crippen molar-refractivity contribution in [2.45, 2.75) is 45.1 Å². The van der Waals surface area contributed by atoms with E-state index in [0.29, 0.717) is 16.9 Å². The molecule has 2 rings (SSSR count). The molecule has 0 spiro atoms. The van der Waals surface area contributed by atoms with Crippen LogP contribution in [0.5, 0.6) is 0 Å². The van der Waals surface area contributed by atoms with Crippen LogP contribution in [0.3, 0.4) is 0 Å². The predicted molar refractivity (Wildman–Crippen MR) is 85.5 cm³/mol. The quantitative estimate of drug-likeness (QED) is 0.801. The zero-order valence-electron chi connectivity index (χ0n) is 12.7. The summed E-state index contributed by atoms with van der Waals surface area (Å²) in [6.45, 7) is 5.01. The number of hydrogen-bond acceptors (Lipinski definition) is 3. The Morgan fingerprint density at radius 3 is 2.80 bits per heavy atom. The molecule has 0 bridgehead atoms. The van der Waals surface area contributed by atoms with E-state index in [-0.39, 0.29) is 11.8 Å². The third-order valence-corrected chi connectivity index (χ3v) is 5.16. The molecule has 1 amide bonds. The first kappa shape index (κ1) is 15.7. The van der Waals surface area contributed by atoms with E-state index >= 15 is 0 Å². The highest BCUT2D eigenvalue weighted by atomic mass is 32.1. The molecular weight excluding hydrogens is 270 g/mol. The third kappa shape index (κ3) is 3.31. The number of hydrogen-bond donors (Lipinski definition) is 1. The minimum Gasteiger partial charge on any atom is -0.393 e. The first-order valence-electron chi connectivity index (χ1n) is 7.83. The van der Waals surface area contributed by atoms with Crippen LogP contribution in [0.4, 0.5) is 0 Å². The van der Waals surface area contributed by atoms with Crippen molar-refractivity contribution >= 4 is 23.1 Å². The van der Waals surface area contributed by atoms with Gasteiger partial charge in [0, 0.05) is 19.1 Å². The number of amides is 1. The summed E-state index contributed by atoms with van der Waals surface area (Å²) in [7, 11) is 2.21. The van der Waals surface area contributed by atoms with Crippen molar-refractivity contribution in [2.24, 2.45) is 17.6 Å². The maximum Gasteiger partial charge on any atom is 0.232 e. The number of nitrogens with two attached hydrogens (primary N) is 1. The van der Waals surface area contributed by atoms with E-state index in [9.17, 15) is 4.79 Å². The number of nitrogens with zero attached hydrogens (tertiary/aromatic N) is 2. The standard InChI is InChI=1S/C15H27N3OS/c1-3-5-12(14(16)20)15(19)18-9-7-13-11(10-18)6-4-8-17(13)2/h11-13H,3-10H2,1-2H3,(H2,16,20). The Bertz CT molecular complexity index is 374. The first-order valence-corrected chi connectivity index (χ1v) is 8.23. The van der Waals surface area contributed by atoms with Crippen molar-refractivity contribution < 1.29 is 4.79 Å². The molecule has 20 heavy (non-hydrogen) atoms. The number of carbonyl (C=O) groups is 1. The Labute approximate surface area is 127 Å². The van der Waals surface area contributed by atoms with Crippen molar-refractivity contribution in [3.8, 4) is 0 Å². The summed E-state index contributed by atoms with van der Waals surface area (Å²) in [6, 6.07) is 0.655. The number of rotatable bonds is 4. The van der Waals surface area contributed by atoms with Gasteiger partial charge in [0.2, 0.25) is 5.91 Å². The highest BCUT2D eigenvalue weighted by Gasteiger charge is 2.37. The molecule has 0 aromatic carbocycles. The molecule has 114 valence electrons. The van der Waals surface area contributed by atoms with Crippen molar-refractivity contribution in [3.05, 3.63) is 0 Å². The third-order valence-electron chi connectivity index (χ3n) is 4.88. The van der Waals surface area contributed by atoms with Crippen LogP contribution in [0.2, 0.25) is 0 Å². The normalized spacial score (nSPS) is 28.8. The van der Waals surface area contributed by atoms with Gasteiger partial charge in [-0.15, -0.1) is 0 Å². The van der Waals surface area contributed by atoms with Gasteiger partial charge >= 0.3 is 0 Å². The zero-order chi connectivity index (χ0) is 14.7. The molecule has 2 saturated heterocycles. The molecule has 0 aromatic heterocycles. The Kier molecular flexibility index (Phi) is 5.38. The molecule has 0 radical (unpaired) electrons. The van der Waals surface area contributed by atoms with Crippen LogP contribution in [0.1, 0.15) is 39.0 Å². The van der Waals surface area contributed by atoms with Crippen LogP contribution in [0.25, 0.3) is 0 Å². The molecule has 2 N–H and O–H groups in total. The van der Waals surface area contributed by atoms with Gasteiger partial charge in [0.15, 0.2) is 0 Å². The van der Waals surface area contributed by atoms with Gasteiger partial charge in [-0.1, -0.05) is 25.6 Å². The number of carbonyl (C=O) groups excluding carboxylic acids is 1. The van der Waals surface area contributed by atoms with Crippen molar-refractivity contribution in [1.82, 2.24) is 9.80 Å². The lowest BCUT2D eigenvalue weighted by molar-refractivity contribution is -0.137. The fourth-order valence-corrected chi connectivity index (χ4v) is 3.97. The van der Waals surface area contributed by atoms with Crippen LogP contribution >= 0.6 is 12.2 Å². The van der Waals surface area contributed by atoms with E-state index in [1.807, 2.05) is 4.90 Å². The minimum absolute atomic E-state index is 0.158. The van der Waals surface area contributed by atoms with Crippen LogP contribution in [0.15, 0.2) is 0 Å². The van der Waals surface area contributed by atoms with Crippen LogP contribution < -0.4 is 5.73 Å². The van der Waals surface area contributed by atoms with Gasteiger partial charge in [0.25, 0.3) is 0 Å². The van der Waals surface area contributed by atoms with Crippen molar-refractivity contribution in [3.63, 3.8) is 0 Å². The van der Waals surface area contributed by atoms with Crippen molar-refractivity contribution in [2.75, 3.05) is 26.7 Å². The number of likely N-dealkylation sites (tertiary alicyclic amines) is 2. The lowest BCUT2D eigenvalue weighted by Gasteiger charge is -2.46. The van der Waals surface area contributed by atoms with Crippen LogP contribution in [-0.2, 0) is 4.79 Å². The van der Waals surface area contributed by atoms with E-state index in [0.717, 1.165) is 32.4 Å². The van der Waals surface area contributed by atoms with Gasteiger partial charge in [-0.05, 0) is 45.2 Å². The molecule has 3 unspecified atom stereocenters.